The molecule has 0 aliphatic rings. The van der Waals surface area contributed by atoms with Gasteiger partial charge in [-0.1, -0.05) is 97.1 Å². The fraction of sp³-hybridized carbons (Fsp3) is 0. The Bertz CT molecular complexity index is 3110. The van der Waals surface area contributed by atoms with Crippen LogP contribution in [0.4, 0.5) is 17.1 Å². The van der Waals surface area contributed by atoms with E-state index >= 15 is 0 Å². The summed E-state index contributed by atoms with van der Waals surface area (Å²) in [6, 6.07) is 62.5. The van der Waals surface area contributed by atoms with Gasteiger partial charge in [-0.05, 0) is 83.6 Å². The first kappa shape index (κ1) is 28.0. The Balaban J connectivity index is 1.23. The van der Waals surface area contributed by atoms with Gasteiger partial charge in [0.15, 0.2) is 0 Å². The van der Waals surface area contributed by atoms with E-state index in [1.807, 2.05) is 22.7 Å². The van der Waals surface area contributed by atoms with Gasteiger partial charge >= 0.3 is 0 Å². The maximum atomic E-state index is 2.48. The zero-order valence-corrected chi connectivity index (χ0v) is 28.5. The van der Waals surface area contributed by atoms with E-state index in [0.717, 1.165) is 22.7 Å². The number of rotatable bonds is 4. The zero-order chi connectivity index (χ0) is 32.8. The molecule has 0 saturated heterocycles. The molecule has 0 radical (unpaired) electrons. The topological polar surface area (TPSA) is 8.17 Å². The third kappa shape index (κ3) is 4.13. The second kappa shape index (κ2) is 10.8. The SMILES string of the molecule is c1ccc(-n2c3ccccc3c3cccc(N(c4ccc5c(c4)sc4cc6ccccc6cc45)c4ccc5sc6ccccc6c5c4)c32)cc1. The summed E-state index contributed by atoms with van der Waals surface area (Å²) in [6.07, 6.45) is 0. The van der Waals surface area contributed by atoms with Gasteiger partial charge < -0.3 is 9.47 Å². The Morgan fingerprint density at radius 1 is 0.380 bits per heavy atom. The second-order valence-corrected chi connectivity index (χ2v) is 15.1. The predicted octanol–water partition coefficient (Wildman–Crippen LogP) is 14.1. The van der Waals surface area contributed by atoms with Crippen molar-refractivity contribution in [3.05, 3.63) is 170 Å². The van der Waals surface area contributed by atoms with Crippen LogP contribution in [0.25, 0.3) is 78.6 Å². The van der Waals surface area contributed by atoms with Gasteiger partial charge in [0.1, 0.15) is 0 Å². The van der Waals surface area contributed by atoms with Gasteiger partial charge in [-0.15, -0.1) is 22.7 Å². The van der Waals surface area contributed by atoms with Crippen molar-refractivity contribution in [2.45, 2.75) is 0 Å². The number of hydrogen-bond acceptors (Lipinski definition) is 3. The third-order valence-electron chi connectivity index (χ3n) is 10.1. The summed E-state index contributed by atoms with van der Waals surface area (Å²) in [5.74, 6) is 0. The number of anilines is 3. The van der Waals surface area contributed by atoms with Gasteiger partial charge in [-0.25, -0.2) is 0 Å². The molecule has 0 unspecified atom stereocenters. The largest absolute Gasteiger partial charge is 0.308 e. The highest BCUT2D eigenvalue weighted by atomic mass is 32.1. The Morgan fingerprint density at radius 2 is 1.00 bits per heavy atom. The van der Waals surface area contributed by atoms with Gasteiger partial charge in [0.25, 0.3) is 0 Å². The molecule has 0 bridgehead atoms. The monoisotopic (exact) mass is 672 g/mol. The van der Waals surface area contributed by atoms with Crippen LogP contribution in [-0.2, 0) is 0 Å². The lowest BCUT2D eigenvalue weighted by molar-refractivity contribution is 1.17. The van der Waals surface area contributed by atoms with E-state index in [4.69, 9.17) is 0 Å². The zero-order valence-electron chi connectivity index (χ0n) is 26.9. The average molecular weight is 673 g/mol. The molecule has 11 aromatic rings. The highest BCUT2D eigenvalue weighted by Crippen LogP contribution is 2.47. The van der Waals surface area contributed by atoms with Crippen LogP contribution in [0.3, 0.4) is 0 Å². The molecule has 8 aromatic carbocycles. The molecule has 3 aromatic heterocycles. The molecule has 0 amide bonds. The van der Waals surface area contributed by atoms with Crippen molar-refractivity contribution in [1.29, 1.82) is 0 Å². The first-order valence-electron chi connectivity index (χ1n) is 16.9. The van der Waals surface area contributed by atoms with Crippen LogP contribution in [0.2, 0.25) is 0 Å². The molecule has 2 nitrogen and oxygen atoms in total. The molecule has 234 valence electrons. The highest BCUT2D eigenvalue weighted by molar-refractivity contribution is 7.26. The molecule has 0 aliphatic heterocycles. The van der Waals surface area contributed by atoms with Crippen LogP contribution < -0.4 is 4.90 Å². The molecule has 0 N–H and O–H groups in total. The van der Waals surface area contributed by atoms with Crippen LogP contribution in [0, 0.1) is 0 Å². The third-order valence-corrected chi connectivity index (χ3v) is 12.4. The molecule has 50 heavy (non-hydrogen) atoms. The summed E-state index contributed by atoms with van der Waals surface area (Å²) >= 11 is 3.74. The minimum Gasteiger partial charge on any atom is -0.308 e. The number of nitrogens with zero attached hydrogens (tertiary/aromatic N) is 2. The van der Waals surface area contributed by atoms with Crippen molar-refractivity contribution in [2.75, 3.05) is 4.90 Å². The second-order valence-electron chi connectivity index (χ2n) is 13.0. The Hall–Kier alpha value is -5.94. The molecule has 0 atom stereocenters. The summed E-state index contributed by atoms with van der Waals surface area (Å²) in [5, 5.41) is 10.3. The number of fused-ring (bicyclic) bond motifs is 10. The Kier molecular flexibility index (Phi) is 6.03. The van der Waals surface area contributed by atoms with Crippen LogP contribution in [0.5, 0.6) is 0 Å². The summed E-state index contributed by atoms with van der Waals surface area (Å²) in [5.41, 5.74) is 6.98. The van der Waals surface area contributed by atoms with Crippen LogP contribution in [0.1, 0.15) is 0 Å². The molecule has 0 fully saturated rings. The Morgan fingerprint density at radius 3 is 1.90 bits per heavy atom. The van der Waals surface area contributed by atoms with Crippen LogP contribution >= 0.6 is 22.7 Å². The summed E-state index contributed by atoms with van der Waals surface area (Å²) in [4.78, 5) is 2.48. The number of thiophene rings is 2. The fourth-order valence-electron chi connectivity index (χ4n) is 7.90. The summed E-state index contributed by atoms with van der Waals surface area (Å²) in [7, 11) is 0. The summed E-state index contributed by atoms with van der Waals surface area (Å²) in [6.45, 7) is 0. The van der Waals surface area contributed by atoms with Crippen molar-refractivity contribution >= 4 is 113 Å². The molecule has 11 rings (SSSR count). The van der Waals surface area contributed by atoms with Crippen molar-refractivity contribution in [3.63, 3.8) is 0 Å². The minimum absolute atomic E-state index is 1.14. The molecular formula is C46H28N2S2. The molecule has 0 spiro atoms. The summed E-state index contributed by atoms with van der Waals surface area (Å²) < 4.78 is 7.67. The number of benzene rings is 8. The van der Waals surface area contributed by atoms with Gasteiger partial charge in [0.05, 0.1) is 16.7 Å². The molecule has 0 saturated carbocycles. The van der Waals surface area contributed by atoms with Crippen molar-refractivity contribution < 1.29 is 0 Å². The van der Waals surface area contributed by atoms with E-state index in [1.165, 1.54) is 72.9 Å². The van der Waals surface area contributed by atoms with Crippen molar-refractivity contribution in [3.8, 4) is 5.69 Å². The van der Waals surface area contributed by atoms with E-state index in [-0.39, 0.29) is 0 Å². The molecule has 3 heterocycles. The van der Waals surface area contributed by atoms with Crippen LogP contribution in [-0.4, -0.2) is 4.57 Å². The number of hydrogen-bond donors (Lipinski definition) is 0. The van der Waals surface area contributed by atoms with E-state index in [2.05, 4.69) is 179 Å². The van der Waals surface area contributed by atoms with E-state index in [1.54, 1.807) is 0 Å². The molecule has 0 aliphatic carbocycles. The van der Waals surface area contributed by atoms with Gasteiger partial charge in [0, 0.05) is 68.2 Å². The predicted molar refractivity (Wildman–Crippen MR) is 219 cm³/mol. The standard InChI is InChI=1S/C46H28N2S2/c1-2-13-31(14-3-1)48-40-18-8-6-15-34(40)37-17-10-19-41(46(37)48)47(32-22-24-43-39(27-32)35-16-7-9-20-42(35)49-43)33-21-23-36-38-25-29-11-4-5-12-30(29)26-44(38)50-45(36)28-33/h1-28H. The first-order chi connectivity index (χ1) is 24.8. The van der Waals surface area contributed by atoms with Crippen molar-refractivity contribution in [2.24, 2.45) is 0 Å². The van der Waals surface area contributed by atoms with E-state index in [0.29, 0.717) is 0 Å². The maximum absolute atomic E-state index is 2.48. The quantitative estimate of drug-likeness (QED) is 0.181. The lowest BCUT2D eigenvalue weighted by atomic mass is 10.1. The lowest BCUT2D eigenvalue weighted by Gasteiger charge is -2.27. The van der Waals surface area contributed by atoms with Crippen molar-refractivity contribution in [1.82, 2.24) is 4.57 Å². The van der Waals surface area contributed by atoms with E-state index in [9.17, 15) is 0 Å². The normalized spacial score (nSPS) is 12.0. The van der Waals surface area contributed by atoms with Crippen LogP contribution in [0.15, 0.2) is 170 Å². The van der Waals surface area contributed by atoms with E-state index < -0.39 is 0 Å². The first-order valence-corrected chi connectivity index (χ1v) is 18.6. The number of para-hydroxylation sites is 3. The minimum atomic E-state index is 1.14. The van der Waals surface area contributed by atoms with Gasteiger partial charge in [0.2, 0.25) is 0 Å². The molecular weight excluding hydrogens is 645 g/mol. The fourth-order valence-corrected chi connectivity index (χ4v) is 10.2. The van der Waals surface area contributed by atoms with Gasteiger partial charge in [-0.2, -0.15) is 0 Å². The highest BCUT2D eigenvalue weighted by Gasteiger charge is 2.23. The molecule has 4 heteroatoms. The Labute approximate surface area is 296 Å². The lowest BCUT2D eigenvalue weighted by Crippen LogP contribution is -2.11. The average Bonchev–Trinajstić information content (AvgIpc) is 3.83. The smallest absolute Gasteiger partial charge is 0.0782 e. The maximum Gasteiger partial charge on any atom is 0.0782 e. The number of aromatic nitrogens is 1. The van der Waals surface area contributed by atoms with Gasteiger partial charge in [-0.3, -0.25) is 0 Å².